The lowest BCUT2D eigenvalue weighted by Gasteiger charge is -1.87. The van der Waals surface area contributed by atoms with Crippen molar-refractivity contribution in [1.82, 2.24) is 0 Å². The molecule has 0 atom stereocenters. The Morgan fingerprint density at radius 3 is 1.50 bits per heavy atom. The molecule has 1 N–H and O–H groups in total. The van der Waals surface area contributed by atoms with Gasteiger partial charge in [-0.05, 0) is 13.8 Å². The van der Waals surface area contributed by atoms with Crippen LogP contribution in [0.4, 0.5) is 0 Å². The molecule has 0 aliphatic carbocycles. The summed E-state index contributed by atoms with van der Waals surface area (Å²) in [5.41, 5.74) is 0. The van der Waals surface area contributed by atoms with E-state index in [2.05, 4.69) is 9.47 Å². The summed E-state index contributed by atoms with van der Waals surface area (Å²) in [6.45, 7) is 3.83. The van der Waals surface area contributed by atoms with E-state index in [9.17, 15) is 0 Å². The average Bonchev–Trinajstić information content (AvgIpc) is 1.66. The van der Waals surface area contributed by atoms with E-state index in [1.165, 1.54) is 0 Å². The molecule has 10 heavy (non-hydrogen) atoms. The lowest BCUT2D eigenvalue weighted by Crippen LogP contribution is -1.87. The quantitative estimate of drug-likeness (QED) is 0.613. The van der Waals surface area contributed by atoms with E-state index in [4.69, 9.17) is 5.11 Å². The number of aliphatic hydroxyl groups excluding tert-OH is 1. The number of methoxy groups -OCH3 is 2. The largest absolute Gasteiger partial charge is 0.394 e. The molecule has 0 heterocycles. The Balaban J connectivity index is -0.0000000383. The van der Waals surface area contributed by atoms with Crippen LogP contribution in [0.3, 0.4) is 0 Å². The van der Waals surface area contributed by atoms with E-state index in [1.807, 2.05) is 0 Å². The van der Waals surface area contributed by atoms with Crippen molar-refractivity contribution in [3.8, 4) is 0 Å². The molecular formula is C7H22O3. The van der Waals surface area contributed by atoms with Gasteiger partial charge in [0.05, 0.1) is 0 Å². The first-order valence-corrected chi connectivity index (χ1v) is 2.81. The number of ether oxygens (including phenoxy) is 2. The fourth-order valence-corrected chi connectivity index (χ4v) is 0.118. The number of hydrogen-bond donors (Lipinski definition) is 1. The summed E-state index contributed by atoms with van der Waals surface area (Å²) in [6, 6.07) is 0. The van der Waals surface area contributed by atoms with Crippen molar-refractivity contribution in [3.63, 3.8) is 0 Å². The predicted octanol–water partition coefficient (Wildman–Crippen LogP) is 1.51. The Morgan fingerprint density at radius 1 is 1.30 bits per heavy atom. The van der Waals surface area contributed by atoms with Crippen LogP contribution < -0.4 is 0 Å². The Morgan fingerprint density at radius 2 is 1.50 bits per heavy atom. The van der Waals surface area contributed by atoms with E-state index < -0.39 is 0 Å². The maximum absolute atomic E-state index is 8.06. The molecule has 0 amide bonds. The van der Waals surface area contributed by atoms with Gasteiger partial charge < -0.3 is 14.6 Å². The molecule has 0 aromatic heterocycles. The Labute approximate surface area is 65.4 Å². The second-order valence-corrected chi connectivity index (χ2v) is 1.79. The molecule has 0 saturated heterocycles. The minimum absolute atomic E-state index is 0. The van der Waals surface area contributed by atoms with E-state index in [0.29, 0.717) is 6.79 Å². The highest BCUT2D eigenvalue weighted by Crippen LogP contribution is 1.65. The predicted molar refractivity (Wildman–Crippen MR) is 45.1 cm³/mol. The van der Waals surface area contributed by atoms with E-state index in [-0.39, 0.29) is 15.0 Å². The van der Waals surface area contributed by atoms with Crippen LogP contribution in [-0.4, -0.2) is 32.2 Å². The molecule has 0 aliphatic heterocycles. The van der Waals surface area contributed by atoms with Crippen molar-refractivity contribution in [2.75, 3.05) is 21.0 Å². The maximum atomic E-state index is 8.06. The van der Waals surface area contributed by atoms with Crippen LogP contribution in [0, 0.1) is 0 Å². The molecule has 3 nitrogen and oxygen atoms in total. The zero-order valence-corrected chi connectivity index (χ0v) is 6.55. The van der Waals surface area contributed by atoms with E-state index >= 15 is 0 Å². The minimum atomic E-state index is -0.167. The third-order valence-corrected chi connectivity index (χ3v) is 0.236. The van der Waals surface area contributed by atoms with E-state index in [1.54, 1.807) is 28.1 Å². The summed E-state index contributed by atoms with van der Waals surface area (Å²) in [4.78, 5) is 0. The summed E-state index contributed by atoms with van der Waals surface area (Å²) >= 11 is 0. The highest BCUT2D eigenvalue weighted by Gasteiger charge is 1.69. The van der Waals surface area contributed by atoms with Gasteiger partial charge in [0.2, 0.25) is 0 Å². The SMILES string of the molecule is C.CC(C)O.COCOC.[HH]. The Hall–Kier alpha value is -0.120. The first kappa shape index (κ1) is 16.5. The molecule has 0 spiro atoms. The van der Waals surface area contributed by atoms with Crippen LogP contribution in [0.15, 0.2) is 0 Å². The van der Waals surface area contributed by atoms with Crippen LogP contribution in [0.2, 0.25) is 0 Å². The second kappa shape index (κ2) is 15.9. The fourth-order valence-electron chi connectivity index (χ4n) is 0.118. The standard InChI is InChI=1S/C3H8O2.C3H8O.CH4.H2/c1-4-3-5-2;1-3(2)4;;/h3H2,1-2H3;3-4H,1-2H3;1H4;1H. The van der Waals surface area contributed by atoms with E-state index in [0.717, 1.165) is 0 Å². The maximum Gasteiger partial charge on any atom is 0.145 e. The highest BCUT2D eigenvalue weighted by molar-refractivity contribution is 4.20. The number of hydrogen-bond acceptors (Lipinski definition) is 3. The van der Waals surface area contributed by atoms with Crippen LogP contribution in [0.1, 0.15) is 22.7 Å². The van der Waals surface area contributed by atoms with Crippen molar-refractivity contribution in [1.29, 1.82) is 0 Å². The molecule has 0 aliphatic rings. The average molecular weight is 154 g/mol. The first-order valence-electron chi connectivity index (χ1n) is 2.81. The van der Waals surface area contributed by atoms with Crippen molar-refractivity contribution in [2.45, 2.75) is 27.4 Å². The third-order valence-electron chi connectivity index (χ3n) is 0.236. The molecule has 0 bridgehead atoms. The molecule has 3 heteroatoms. The van der Waals surface area contributed by atoms with Crippen molar-refractivity contribution < 1.29 is 16.0 Å². The number of aliphatic hydroxyl groups is 1. The van der Waals surface area contributed by atoms with Crippen molar-refractivity contribution in [2.24, 2.45) is 0 Å². The monoisotopic (exact) mass is 154 g/mol. The molecule has 0 saturated carbocycles. The minimum Gasteiger partial charge on any atom is -0.394 e. The molecule has 0 radical (unpaired) electrons. The molecular weight excluding hydrogens is 132 g/mol. The topological polar surface area (TPSA) is 38.7 Å². The summed E-state index contributed by atoms with van der Waals surface area (Å²) < 4.78 is 8.94. The fraction of sp³-hybridized carbons (Fsp3) is 1.00. The van der Waals surface area contributed by atoms with Gasteiger partial charge in [-0.25, -0.2) is 0 Å². The van der Waals surface area contributed by atoms with Crippen molar-refractivity contribution >= 4 is 0 Å². The normalized spacial score (nSPS) is 7.80. The van der Waals surface area contributed by atoms with Gasteiger partial charge in [0.25, 0.3) is 0 Å². The molecule has 0 unspecified atom stereocenters. The lowest BCUT2D eigenvalue weighted by atomic mass is 10.5. The van der Waals surface area contributed by atoms with Gasteiger partial charge in [0.15, 0.2) is 0 Å². The van der Waals surface area contributed by atoms with Crippen LogP contribution in [0.5, 0.6) is 0 Å². The van der Waals surface area contributed by atoms with Gasteiger partial charge in [-0.15, -0.1) is 0 Å². The van der Waals surface area contributed by atoms with Gasteiger partial charge in [-0.1, -0.05) is 7.43 Å². The van der Waals surface area contributed by atoms with Gasteiger partial charge in [-0.3, -0.25) is 0 Å². The van der Waals surface area contributed by atoms with Crippen LogP contribution in [0.25, 0.3) is 0 Å². The van der Waals surface area contributed by atoms with Gasteiger partial charge >= 0.3 is 0 Å². The first-order chi connectivity index (χ1) is 4.15. The zero-order chi connectivity index (χ0) is 7.70. The second-order valence-electron chi connectivity index (χ2n) is 1.79. The smallest absolute Gasteiger partial charge is 0.145 e. The summed E-state index contributed by atoms with van der Waals surface area (Å²) in [5, 5.41) is 8.06. The zero-order valence-electron chi connectivity index (χ0n) is 6.55. The summed E-state index contributed by atoms with van der Waals surface area (Å²) in [7, 11) is 3.17. The van der Waals surface area contributed by atoms with Gasteiger partial charge in [-0.2, -0.15) is 0 Å². The lowest BCUT2D eigenvalue weighted by molar-refractivity contribution is -0.00271. The third kappa shape index (κ3) is 106. The highest BCUT2D eigenvalue weighted by atomic mass is 16.6. The Bertz CT molecular complexity index is 37.9. The Kier molecular flexibility index (Phi) is 26.2. The summed E-state index contributed by atoms with van der Waals surface area (Å²) in [5.74, 6) is 0. The van der Waals surface area contributed by atoms with Crippen LogP contribution in [-0.2, 0) is 9.47 Å². The molecule has 0 aromatic carbocycles. The molecule has 0 rings (SSSR count). The van der Waals surface area contributed by atoms with Crippen molar-refractivity contribution in [3.05, 3.63) is 0 Å². The summed E-state index contributed by atoms with van der Waals surface area (Å²) in [6.07, 6.45) is -0.167. The van der Waals surface area contributed by atoms with Crippen LogP contribution >= 0.6 is 0 Å². The molecule has 0 aromatic rings. The van der Waals surface area contributed by atoms with Gasteiger partial charge in [0.1, 0.15) is 6.79 Å². The molecule has 68 valence electrons. The molecule has 0 fully saturated rings. The van der Waals surface area contributed by atoms with Gasteiger partial charge in [0, 0.05) is 21.8 Å². The number of rotatable bonds is 2.